The first-order valence-electron chi connectivity index (χ1n) is 18.5. The van der Waals surface area contributed by atoms with Crippen LogP contribution in [-0.2, 0) is 28.2 Å². The SMILES string of the molecule is CCc1nccn1C[C@@](c1cccc(F)c1)(C1CCN(CC2CN(c3ccc(S(=O)(=O)c4cccc(N)c4)cc3)C2)CC1)[C@H]1CCC[C@@H]1NC(=O)O. The molecule has 4 N–H and O–H groups in total. The number of carbonyl (C=O) groups is 1. The Balaban J connectivity index is 1.05. The van der Waals surface area contributed by atoms with Gasteiger partial charge in [-0.25, -0.2) is 22.6 Å². The lowest BCUT2D eigenvalue weighted by Crippen LogP contribution is -2.56. The van der Waals surface area contributed by atoms with Gasteiger partial charge in [-0.2, -0.15) is 0 Å². The first-order chi connectivity index (χ1) is 25.1. The van der Waals surface area contributed by atoms with Crippen molar-refractivity contribution in [3.63, 3.8) is 0 Å². The van der Waals surface area contributed by atoms with Crippen molar-refractivity contribution in [3.05, 3.63) is 102 Å². The number of nitrogen functional groups attached to an aromatic ring is 1. The number of halogens is 1. The van der Waals surface area contributed by atoms with Crippen LogP contribution < -0.4 is 16.0 Å². The monoisotopic (exact) mass is 728 g/mol. The van der Waals surface area contributed by atoms with Gasteiger partial charge < -0.3 is 30.5 Å². The third-order valence-electron chi connectivity index (χ3n) is 11.9. The minimum Gasteiger partial charge on any atom is -0.465 e. The van der Waals surface area contributed by atoms with Crippen molar-refractivity contribution < 1.29 is 22.7 Å². The number of hydrogen-bond donors (Lipinski definition) is 3. The molecule has 12 heteroatoms. The lowest BCUT2D eigenvalue weighted by molar-refractivity contribution is 0.0548. The van der Waals surface area contributed by atoms with E-state index in [4.69, 9.17) is 5.73 Å². The van der Waals surface area contributed by atoms with Crippen molar-refractivity contribution in [2.75, 3.05) is 43.4 Å². The molecular formula is C40H49FN6O4S. The van der Waals surface area contributed by atoms with E-state index in [1.165, 1.54) is 12.1 Å². The molecule has 2 saturated heterocycles. The van der Waals surface area contributed by atoms with E-state index in [-0.39, 0.29) is 33.5 Å². The number of rotatable bonds is 12. The molecule has 1 saturated carbocycles. The normalized spacial score (nSPS) is 21.5. The number of amides is 1. The molecule has 1 amide bonds. The summed E-state index contributed by atoms with van der Waals surface area (Å²) in [6.07, 6.45) is 8.06. The van der Waals surface area contributed by atoms with E-state index in [1.807, 2.05) is 24.5 Å². The molecule has 1 aliphatic carbocycles. The lowest BCUT2D eigenvalue weighted by atomic mass is 9.58. The second-order valence-corrected chi connectivity index (χ2v) is 16.8. The van der Waals surface area contributed by atoms with Gasteiger partial charge in [0.2, 0.25) is 9.84 Å². The van der Waals surface area contributed by atoms with Crippen molar-refractivity contribution >= 4 is 27.3 Å². The Morgan fingerprint density at radius 3 is 2.44 bits per heavy atom. The Hall–Kier alpha value is -4.42. The van der Waals surface area contributed by atoms with E-state index in [1.54, 1.807) is 42.5 Å². The van der Waals surface area contributed by atoms with E-state index in [0.717, 1.165) is 88.3 Å². The molecule has 0 bridgehead atoms. The average molecular weight is 729 g/mol. The lowest BCUT2D eigenvalue weighted by Gasteiger charge is -2.51. The number of hydrogen-bond acceptors (Lipinski definition) is 7. The van der Waals surface area contributed by atoms with Crippen LogP contribution in [0.2, 0.25) is 0 Å². The highest BCUT2D eigenvalue weighted by Gasteiger charge is 2.52. The summed E-state index contributed by atoms with van der Waals surface area (Å²) in [5.74, 6) is 1.44. The number of nitrogens with zero attached hydrogens (tertiary/aromatic N) is 4. The third-order valence-corrected chi connectivity index (χ3v) is 13.6. The molecule has 276 valence electrons. The fraction of sp³-hybridized carbons (Fsp3) is 0.450. The first-order valence-corrected chi connectivity index (χ1v) is 20.0. The highest BCUT2D eigenvalue weighted by Crippen LogP contribution is 2.52. The van der Waals surface area contributed by atoms with Crippen LogP contribution in [0.5, 0.6) is 0 Å². The van der Waals surface area contributed by atoms with E-state index in [0.29, 0.717) is 18.2 Å². The summed E-state index contributed by atoms with van der Waals surface area (Å²) < 4.78 is 43.5. The van der Waals surface area contributed by atoms with Crippen LogP contribution in [0.3, 0.4) is 0 Å². The molecule has 3 aromatic carbocycles. The highest BCUT2D eigenvalue weighted by molar-refractivity contribution is 7.91. The molecule has 3 atom stereocenters. The molecule has 7 rings (SSSR count). The van der Waals surface area contributed by atoms with Crippen molar-refractivity contribution in [3.8, 4) is 0 Å². The Morgan fingerprint density at radius 1 is 1.00 bits per heavy atom. The van der Waals surface area contributed by atoms with Crippen LogP contribution in [0.15, 0.2) is 95.0 Å². The van der Waals surface area contributed by atoms with Gasteiger partial charge in [-0.15, -0.1) is 0 Å². The largest absolute Gasteiger partial charge is 0.465 e. The molecule has 3 fully saturated rings. The minimum absolute atomic E-state index is 0.0152. The number of nitrogens with two attached hydrogens (primary N) is 1. The number of aryl methyl sites for hydroxylation is 1. The Kier molecular flexibility index (Phi) is 10.3. The van der Waals surface area contributed by atoms with Crippen LogP contribution in [0.1, 0.15) is 50.4 Å². The molecule has 1 aromatic heterocycles. The smallest absolute Gasteiger partial charge is 0.404 e. The molecule has 4 aromatic rings. The van der Waals surface area contributed by atoms with E-state index >= 15 is 4.39 Å². The van der Waals surface area contributed by atoms with Gasteiger partial charge in [0.25, 0.3) is 0 Å². The fourth-order valence-corrected chi connectivity index (χ4v) is 10.7. The zero-order valence-corrected chi connectivity index (χ0v) is 30.5. The fourth-order valence-electron chi connectivity index (χ4n) is 9.40. The number of aromatic nitrogens is 2. The zero-order chi connectivity index (χ0) is 36.5. The Labute approximate surface area is 305 Å². The summed E-state index contributed by atoms with van der Waals surface area (Å²) in [4.78, 5) is 21.9. The Bertz CT molecular complexity index is 1970. The van der Waals surface area contributed by atoms with Crippen molar-refractivity contribution in [1.82, 2.24) is 19.8 Å². The van der Waals surface area contributed by atoms with Crippen LogP contribution in [-0.4, -0.2) is 72.8 Å². The molecule has 10 nitrogen and oxygen atoms in total. The van der Waals surface area contributed by atoms with Crippen molar-refractivity contribution in [2.45, 2.75) is 73.2 Å². The van der Waals surface area contributed by atoms with Gasteiger partial charge in [0, 0.05) is 73.7 Å². The number of benzene rings is 3. The van der Waals surface area contributed by atoms with Gasteiger partial charge in [0.15, 0.2) is 0 Å². The predicted molar refractivity (Wildman–Crippen MR) is 200 cm³/mol. The van der Waals surface area contributed by atoms with E-state index in [9.17, 15) is 18.3 Å². The zero-order valence-electron chi connectivity index (χ0n) is 29.7. The summed E-state index contributed by atoms with van der Waals surface area (Å²) in [6, 6.07) is 20.3. The standard InChI is InChI=1S/C40H49FN6O4S/c1-2-38-43-18-21-46(38)27-40(30-6-3-7-31(41)22-30,36-10-5-11-37(36)44-39(48)49)29-16-19-45(20-17-29)24-28-25-47(26-28)33-12-14-34(15-13-33)52(50,51)35-9-4-8-32(42)23-35/h3-4,6-9,12-15,18,21-23,28-29,36-37,44H,2,5,10-11,16-17,19-20,24-27,42H2,1H3,(H,48,49)/t36-,37-,40-/m0/s1. The van der Waals surface area contributed by atoms with Crippen LogP contribution in [0.4, 0.5) is 20.6 Å². The summed E-state index contributed by atoms with van der Waals surface area (Å²) in [6.45, 7) is 7.34. The van der Waals surface area contributed by atoms with Gasteiger partial charge in [-0.1, -0.05) is 31.5 Å². The quantitative estimate of drug-likeness (QED) is 0.147. The maximum atomic E-state index is 15.1. The van der Waals surface area contributed by atoms with Gasteiger partial charge in [-0.05, 0) is 111 Å². The van der Waals surface area contributed by atoms with Gasteiger partial charge in [0.05, 0.1) is 9.79 Å². The molecule has 52 heavy (non-hydrogen) atoms. The summed E-state index contributed by atoms with van der Waals surface area (Å²) >= 11 is 0. The third kappa shape index (κ3) is 7.15. The molecule has 0 unspecified atom stereocenters. The number of sulfone groups is 1. The number of nitrogens with one attached hydrogen (secondary N) is 1. The second-order valence-electron chi connectivity index (χ2n) is 14.9. The number of likely N-dealkylation sites (tertiary alicyclic amines) is 1. The molecule has 0 radical (unpaired) electrons. The molecule has 0 spiro atoms. The van der Waals surface area contributed by atoms with E-state index in [2.05, 4.69) is 37.7 Å². The maximum Gasteiger partial charge on any atom is 0.404 e. The minimum atomic E-state index is -3.65. The van der Waals surface area contributed by atoms with Crippen molar-refractivity contribution in [1.29, 1.82) is 0 Å². The van der Waals surface area contributed by atoms with Gasteiger partial charge >= 0.3 is 6.09 Å². The van der Waals surface area contributed by atoms with Crippen LogP contribution in [0, 0.1) is 23.6 Å². The van der Waals surface area contributed by atoms with Crippen LogP contribution >= 0.6 is 0 Å². The van der Waals surface area contributed by atoms with Crippen LogP contribution in [0.25, 0.3) is 0 Å². The second kappa shape index (κ2) is 14.9. The summed E-state index contributed by atoms with van der Waals surface area (Å²) in [5, 5.41) is 12.7. The average Bonchev–Trinajstić information content (AvgIpc) is 3.78. The molecule has 3 heterocycles. The number of imidazole rings is 1. The molecular weight excluding hydrogens is 680 g/mol. The van der Waals surface area contributed by atoms with Crippen molar-refractivity contribution in [2.24, 2.45) is 17.8 Å². The summed E-state index contributed by atoms with van der Waals surface area (Å²) in [5.41, 5.74) is 7.71. The Morgan fingerprint density at radius 2 is 1.75 bits per heavy atom. The maximum absolute atomic E-state index is 15.1. The topological polar surface area (TPSA) is 134 Å². The highest BCUT2D eigenvalue weighted by atomic mass is 32.2. The number of carboxylic acid groups (broad SMARTS) is 1. The molecule has 3 aliphatic rings. The van der Waals surface area contributed by atoms with Gasteiger partial charge in [0.1, 0.15) is 11.6 Å². The number of piperidine rings is 1. The number of anilines is 2. The summed E-state index contributed by atoms with van der Waals surface area (Å²) in [7, 11) is -3.65. The van der Waals surface area contributed by atoms with Gasteiger partial charge in [-0.3, -0.25) is 0 Å². The first kappa shape index (κ1) is 36.0. The van der Waals surface area contributed by atoms with E-state index < -0.39 is 21.3 Å². The predicted octanol–water partition coefficient (Wildman–Crippen LogP) is 6.22. The molecule has 2 aliphatic heterocycles.